The van der Waals surface area contributed by atoms with Crippen LogP contribution in [-0.2, 0) is 16.0 Å². The van der Waals surface area contributed by atoms with Crippen LogP contribution in [0.1, 0.15) is 69.4 Å². The van der Waals surface area contributed by atoms with Gasteiger partial charge in [-0.15, -0.1) is 0 Å². The number of rotatable bonds is 8. The first kappa shape index (κ1) is 25.1. The Labute approximate surface area is 206 Å². The molecule has 1 saturated carbocycles. The maximum atomic E-state index is 13.9. The number of anilines is 1. The van der Waals surface area contributed by atoms with E-state index in [0.29, 0.717) is 37.4 Å². The monoisotopic (exact) mass is 483 g/mol. The molecule has 0 bridgehead atoms. The van der Waals surface area contributed by atoms with Gasteiger partial charge >= 0.3 is 0 Å². The molecule has 2 amide bonds. The first-order valence-corrected chi connectivity index (χ1v) is 12.8. The molecule has 7 heteroatoms. The summed E-state index contributed by atoms with van der Waals surface area (Å²) in [5, 5.41) is 6.65. The summed E-state index contributed by atoms with van der Waals surface area (Å²) in [5.74, 6) is -1.14. The maximum absolute atomic E-state index is 13.9. The van der Waals surface area contributed by atoms with Crippen molar-refractivity contribution in [3.05, 3.63) is 65.2 Å². The molecule has 1 N–H and O–H groups in total. The third kappa shape index (κ3) is 5.82. The fourth-order valence-corrected chi connectivity index (χ4v) is 5.41. The largest absolute Gasteiger partial charge is 0.344 e. The Morgan fingerprint density at radius 2 is 1.74 bits per heavy atom. The number of benzene rings is 2. The molecule has 2 unspecified atom stereocenters. The lowest BCUT2D eigenvalue weighted by Crippen LogP contribution is -2.55. The van der Waals surface area contributed by atoms with Crippen LogP contribution in [-0.4, -0.2) is 36.0 Å². The van der Waals surface area contributed by atoms with Crippen molar-refractivity contribution in [2.75, 3.05) is 18.1 Å². The quantitative estimate of drug-likeness (QED) is 0.551. The zero-order chi connectivity index (χ0) is 24.9. The number of halogens is 2. The fraction of sp³-hybridized carbons (Fsp3) is 0.500. The van der Waals surface area contributed by atoms with E-state index in [4.69, 9.17) is 0 Å². The molecule has 1 aliphatic heterocycles. The molecule has 4 rings (SSSR count). The van der Waals surface area contributed by atoms with Gasteiger partial charge in [0.05, 0.1) is 11.6 Å². The van der Waals surface area contributed by atoms with E-state index < -0.39 is 12.0 Å². The minimum atomic E-state index is -0.655. The number of carbonyl (C=O) groups is 2. The first-order chi connectivity index (χ1) is 16.9. The minimum absolute atomic E-state index is 0.144. The number of hydrazine groups is 1. The first-order valence-electron chi connectivity index (χ1n) is 12.8. The van der Waals surface area contributed by atoms with Gasteiger partial charge in [-0.3, -0.25) is 19.6 Å². The Balaban J connectivity index is 1.54. The average Bonchev–Trinajstić information content (AvgIpc) is 3.27. The van der Waals surface area contributed by atoms with Crippen LogP contribution in [0.3, 0.4) is 0 Å². The third-order valence-electron chi connectivity index (χ3n) is 7.43. The molecule has 188 valence electrons. The molecule has 2 aliphatic rings. The van der Waals surface area contributed by atoms with Crippen molar-refractivity contribution < 1.29 is 18.4 Å². The molecule has 0 spiro atoms. The molecule has 0 aromatic heterocycles. The maximum Gasteiger partial charge on any atom is 0.263 e. The third-order valence-corrected chi connectivity index (χ3v) is 7.43. The summed E-state index contributed by atoms with van der Waals surface area (Å²) in [6, 6.07) is 9.91. The smallest absolute Gasteiger partial charge is 0.263 e. The van der Waals surface area contributed by atoms with E-state index in [1.54, 1.807) is 30.1 Å². The predicted molar refractivity (Wildman–Crippen MR) is 133 cm³/mol. The molecule has 5 nitrogen and oxygen atoms in total. The number of likely N-dealkylation sites (N-methyl/N-ethyl adjacent to an activating group) is 1. The molecule has 0 saturated heterocycles. The van der Waals surface area contributed by atoms with Crippen molar-refractivity contribution in [2.45, 2.75) is 70.8 Å². The van der Waals surface area contributed by atoms with Crippen molar-refractivity contribution in [1.82, 2.24) is 10.3 Å². The van der Waals surface area contributed by atoms with Crippen molar-refractivity contribution >= 4 is 17.5 Å². The second-order valence-electron chi connectivity index (χ2n) is 9.77. The van der Waals surface area contributed by atoms with Crippen LogP contribution >= 0.6 is 0 Å². The normalized spacial score (nSPS) is 17.5. The molecule has 0 radical (unpaired) electrons. The van der Waals surface area contributed by atoms with E-state index in [2.05, 4.69) is 5.32 Å². The number of nitrogens with one attached hydrogen (secondary N) is 1. The molecular formula is C28H35F2N3O2. The highest BCUT2D eigenvalue weighted by molar-refractivity contribution is 5.91. The van der Waals surface area contributed by atoms with Gasteiger partial charge in [0, 0.05) is 13.1 Å². The Morgan fingerprint density at radius 1 is 1.06 bits per heavy atom. The lowest BCUT2D eigenvalue weighted by atomic mass is 9.84. The molecule has 2 aromatic carbocycles. The van der Waals surface area contributed by atoms with Crippen LogP contribution in [0.2, 0.25) is 0 Å². The van der Waals surface area contributed by atoms with E-state index in [1.165, 1.54) is 30.7 Å². The van der Waals surface area contributed by atoms with Crippen LogP contribution in [0.15, 0.2) is 42.5 Å². The lowest BCUT2D eigenvalue weighted by Gasteiger charge is -2.37. The van der Waals surface area contributed by atoms with Gasteiger partial charge in [0.2, 0.25) is 5.91 Å². The predicted octanol–water partition coefficient (Wildman–Crippen LogP) is 5.35. The number of amides is 2. The van der Waals surface area contributed by atoms with E-state index in [0.717, 1.165) is 36.9 Å². The molecule has 1 aliphatic carbocycles. The highest BCUT2D eigenvalue weighted by Crippen LogP contribution is 2.32. The van der Waals surface area contributed by atoms with Gasteiger partial charge in [0.15, 0.2) is 0 Å². The van der Waals surface area contributed by atoms with Crippen LogP contribution in [0.25, 0.3) is 0 Å². The summed E-state index contributed by atoms with van der Waals surface area (Å²) in [4.78, 5) is 27.1. The van der Waals surface area contributed by atoms with E-state index >= 15 is 0 Å². The van der Waals surface area contributed by atoms with Gasteiger partial charge in [-0.25, -0.2) is 8.78 Å². The zero-order valence-electron chi connectivity index (χ0n) is 20.6. The van der Waals surface area contributed by atoms with Crippen molar-refractivity contribution in [1.29, 1.82) is 0 Å². The number of carbonyl (C=O) groups excluding carboxylic acids is 2. The van der Waals surface area contributed by atoms with Gasteiger partial charge in [-0.1, -0.05) is 44.2 Å². The average molecular weight is 484 g/mol. The van der Waals surface area contributed by atoms with Crippen molar-refractivity contribution in [2.24, 2.45) is 5.92 Å². The Hall–Kier alpha value is -2.96. The Morgan fingerprint density at radius 3 is 2.43 bits per heavy atom. The van der Waals surface area contributed by atoms with Crippen LogP contribution in [0, 0.1) is 17.6 Å². The molecule has 1 heterocycles. The topological polar surface area (TPSA) is 52.7 Å². The fourth-order valence-electron chi connectivity index (χ4n) is 5.41. The second-order valence-corrected chi connectivity index (χ2v) is 9.77. The number of hydrogen-bond donors (Lipinski definition) is 1. The Kier molecular flexibility index (Phi) is 8.04. The standard InChI is InChI=1S/C28H35F2N3O2/c1-3-32(33-16-15-22-18-24(30)13-14-26(22)33)28(35)25(17-20-7-5-4-6-8-20)31-27(34)19(2)21-9-11-23(29)12-10-21/h9-14,18-20,25H,3-8,15-17H2,1-2H3,(H,31,34). The summed E-state index contributed by atoms with van der Waals surface area (Å²) < 4.78 is 27.1. The zero-order valence-corrected chi connectivity index (χ0v) is 20.6. The van der Waals surface area contributed by atoms with Crippen LogP contribution in [0.4, 0.5) is 14.5 Å². The minimum Gasteiger partial charge on any atom is -0.344 e. The van der Waals surface area contributed by atoms with Gasteiger partial charge in [0.25, 0.3) is 5.91 Å². The highest BCUT2D eigenvalue weighted by Gasteiger charge is 2.34. The summed E-state index contributed by atoms with van der Waals surface area (Å²) in [5.41, 5.74) is 2.42. The van der Waals surface area contributed by atoms with Gasteiger partial charge in [0.1, 0.15) is 17.7 Å². The number of hydrogen-bond acceptors (Lipinski definition) is 3. The second kappa shape index (κ2) is 11.2. The SMILES string of the molecule is CCN(C(=O)C(CC1CCCCC1)NC(=O)C(C)c1ccc(F)cc1)N1CCc2cc(F)ccc21. The van der Waals surface area contributed by atoms with Crippen LogP contribution < -0.4 is 10.3 Å². The molecule has 2 aromatic rings. The van der Waals surface area contributed by atoms with Crippen molar-refractivity contribution in [3.8, 4) is 0 Å². The molecule has 2 atom stereocenters. The molecular weight excluding hydrogens is 448 g/mol. The van der Waals surface area contributed by atoms with Gasteiger partial charge < -0.3 is 5.32 Å². The van der Waals surface area contributed by atoms with E-state index in [-0.39, 0.29) is 23.4 Å². The molecule has 35 heavy (non-hydrogen) atoms. The van der Waals surface area contributed by atoms with Crippen LogP contribution in [0.5, 0.6) is 0 Å². The number of nitrogens with zero attached hydrogens (tertiary/aromatic N) is 2. The summed E-state index contributed by atoms with van der Waals surface area (Å²) >= 11 is 0. The van der Waals surface area contributed by atoms with E-state index in [9.17, 15) is 18.4 Å². The Bertz CT molecular complexity index is 1040. The number of fused-ring (bicyclic) bond motifs is 1. The molecule has 1 fully saturated rings. The summed E-state index contributed by atoms with van der Waals surface area (Å²) in [7, 11) is 0. The van der Waals surface area contributed by atoms with Crippen molar-refractivity contribution in [3.63, 3.8) is 0 Å². The summed E-state index contributed by atoms with van der Waals surface area (Å²) in [6.07, 6.45) is 6.89. The lowest BCUT2D eigenvalue weighted by molar-refractivity contribution is -0.137. The van der Waals surface area contributed by atoms with E-state index in [1.807, 2.05) is 11.9 Å². The van der Waals surface area contributed by atoms with Gasteiger partial charge in [-0.2, -0.15) is 0 Å². The van der Waals surface area contributed by atoms with Gasteiger partial charge in [-0.05, 0) is 74.1 Å². The summed E-state index contributed by atoms with van der Waals surface area (Å²) in [6.45, 7) is 4.72. The highest BCUT2D eigenvalue weighted by atomic mass is 19.1.